The second-order valence-corrected chi connectivity index (χ2v) is 4.84. The van der Waals surface area contributed by atoms with Gasteiger partial charge in [0, 0.05) is 29.2 Å². The Hall–Kier alpha value is -3.26. The molecule has 2 aromatic heterocycles. The summed E-state index contributed by atoms with van der Waals surface area (Å²) in [6.07, 6.45) is 3.35. The average Bonchev–Trinajstić information content (AvgIpc) is 2.55. The van der Waals surface area contributed by atoms with E-state index in [1.807, 2.05) is 30.3 Å². The van der Waals surface area contributed by atoms with Gasteiger partial charge in [-0.05, 0) is 30.7 Å². The van der Waals surface area contributed by atoms with E-state index in [4.69, 9.17) is 0 Å². The topological polar surface area (TPSA) is 82.4 Å². The van der Waals surface area contributed by atoms with Crippen molar-refractivity contribution in [1.29, 1.82) is 5.26 Å². The van der Waals surface area contributed by atoms with Gasteiger partial charge in [0.25, 0.3) is 5.56 Å². The van der Waals surface area contributed by atoms with Gasteiger partial charge in [0.15, 0.2) is 5.82 Å². The molecule has 0 aliphatic heterocycles. The van der Waals surface area contributed by atoms with Gasteiger partial charge in [-0.1, -0.05) is 18.2 Å². The Labute approximate surface area is 126 Å². The number of hydrogen-bond donors (Lipinski definition) is 1. The minimum atomic E-state index is -0.376. The Morgan fingerprint density at radius 3 is 2.55 bits per heavy atom. The lowest BCUT2D eigenvalue weighted by Crippen LogP contribution is -2.12. The maximum atomic E-state index is 11.9. The number of aromatic amines is 1. The Morgan fingerprint density at radius 2 is 1.82 bits per heavy atom. The number of benzene rings is 1. The fourth-order valence-electron chi connectivity index (χ4n) is 2.30. The highest BCUT2D eigenvalue weighted by molar-refractivity contribution is 5.74. The molecule has 1 N–H and O–H groups in total. The molecule has 0 atom stereocenters. The molecule has 106 valence electrons. The van der Waals surface area contributed by atoms with Crippen LogP contribution in [0.4, 0.5) is 0 Å². The molecule has 0 unspecified atom stereocenters. The first-order chi connectivity index (χ1) is 10.7. The van der Waals surface area contributed by atoms with Gasteiger partial charge in [-0.3, -0.25) is 4.79 Å². The van der Waals surface area contributed by atoms with Crippen LogP contribution in [0.25, 0.3) is 22.5 Å². The van der Waals surface area contributed by atoms with E-state index in [0.717, 1.165) is 11.1 Å². The quantitative estimate of drug-likeness (QED) is 0.786. The van der Waals surface area contributed by atoms with Gasteiger partial charge in [0.05, 0.1) is 0 Å². The molecule has 2 heterocycles. The van der Waals surface area contributed by atoms with Gasteiger partial charge in [0.2, 0.25) is 0 Å². The molecule has 0 bridgehead atoms. The van der Waals surface area contributed by atoms with Crippen LogP contribution in [0.5, 0.6) is 0 Å². The van der Waals surface area contributed by atoms with Crippen LogP contribution in [0, 0.1) is 18.3 Å². The van der Waals surface area contributed by atoms with Crippen molar-refractivity contribution in [3.63, 3.8) is 0 Å². The fraction of sp³-hybridized carbons (Fsp3) is 0.0588. The lowest BCUT2D eigenvalue weighted by atomic mass is 9.99. The Balaban J connectivity index is 2.19. The Kier molecular flexibility index (Phi) is 3.50. The van der Waals surface area contributed by atoms with Crippen molar-refractivity contribution < 1.29 is 0 Å². The highest BCUT2D eigenvalue weighted by Crippen LogP contribution is 2.26. The second-order valence-electron chi connectivity index (χ2n) is 4.84. The average molecular weight is 288 g/mol. The summed E-state index contributed by atoms with van der Waals surface area (Å²) in [6.45, 7) is 1.79. The standard InChI is InChI=1S/C17H12N4O/c1-11-8-14(15(10-18)17(22)21-11)12-4-2-5-13(9-12)16-19-6-3-7-20-16/h2-9H,1H3,(H,21,22). The van der Waals surface area contributed by atoms with E-state index in [2.05, 4.69) is 15.0 Å². The molecular weight excluding hydrogens is 276 g/mol. The van der Waals surface area contributed by atoms with Crippen LogP contribution >= 0.6 is 0 Å². The summed E-state index contributed by atoms with van der Waals surface area (Å²) >= 11 is 0. The third kappa shape index (κ3) is 2.50. The maximum absolute atomic E-state index is 11.9. The number of nitrogens with zero attached hydrogens (tertiary/aromatic N) is 3. The van der Waals surface area contributed by atoms with E-state index < -0.39 is 0 Å². The summed E-state index contributed by atoms with van der Waals surface area (Å²) < 4.78 is 0. The van der Waals surface area contributed by atoms with Crippen molar-refractivity contribution >= 4 is 0 Å². The fourth-order valence-corrected chi connectivity index (χ4v) is 2.30. The number of nitriles is 1. The smallest absolute Gasteiger partial charge is 0.266 e. The molecule has 0 radical (unpaired) electrons. The van der Waals surface area contributed by atoms with Gasteiger partial charge >= 0.3 is 0 Å². The summed E-state index contributed by atoms with van der Waals surface area (Å²) in [5.74, 6) is 0.601. The Bertz CT molecular complexity index is 923. The summed E-state index contributed by atoms with van der Waals surface area (Å²) in [6, 6.07) is 13.0. The van der Waals surface area contributed by atoms with Crippen LogP contribution in [0.3, 0.4) is 0 Å². The van der Waals surface area contributed by atoms with Crippen LogP contribution in [0.2, 0.25) is 0 Å². The molecule has 22 heavy (non-hydrogen) atoms. The van der Waals surface area contributed by atoms with Crippen LogP contribution < -0.4 is 5.56 Å². The molecule has 1 aromatic carbocycles. The van der Waals surface area contributed by atoms with Gasteiger partial charge in [-0.25, -0.2) is 9.97 Å². The van der Waals surface area contributed by atoms with Crippen molar-refractivity contribution in [2.75, 3.05) is 0 Å². The number of rotatable bonds is 2. The largest absolute Gasteiger partial charge is 0.325 e. The summed E-state index contributed by atoms with van der Waals surface area (Å²) in [5.41, 5.74) is 2.67. The van der Waals surface area contributed by atoms with Gasteiger partial charge in [0.1, 0.15) is 11.6 Å². The molecule has 0 spiro atoms. The zero-order chi connectivity index (χ0) is 15.5. The van der Waals surface area contributed by atoms with Crippen molar-refractivity contribution in [1.82, 2.24) is 15.0 Å². The van der Waals surface area contributed by atoms with E-state index >= 15 is 0 Å². The summed E-state index contributed by atoms with van der Waals surface area (Å²) in [4.78, 5) is 23.0. The highest BCUT2D eigenvalue weighted by atomic mass is 16.1. The first-order valence-electron chi connectivity index (χ1n) is 6.71. The second kappa shape index (κ2) is 5.62. The third-order valence-electron chi connectivity index (χ3n) is 3.28. The van der Waals surface area contributed by atoms with Gasteiger partial charge < -0.3 is 4.98 Å². The molecule has 0 saturated heterocycles. The normalized spacial score (nSPS) is 10.2. The summed E-state index contributed by atoms with van der Waals surface area (Å²) in [7, 11) is 0. The van der Waals surface area contributed by atoms with E-state index in [0.29, 0.717) is 17.1 Å². The molecule has 0 saturated carbocycles. The number of H-pyrrole nitrogens is 1. The molecular formula is C17H12N4O. The number of aromatic nitrogens is 3. The first-order valence-corrected chi connectivity index (χ1v) is 6.71. The van der Waals surface area contributed by atoms with Crippen molar-refractivity contribution in [3.8, 4) is 28.6 Å². The minimum absolute atomic E-state index is 0.108. The molecule has 5 heteroatoms. The van der Waals surface area contributed by atoms with Crippen molar-refractivity contribution in [2.45, 2.75) is 6.92 Å². The lowest BCUT2D eigenvalue weighted by Gasteiger charge is -2.07. The molecule has 0 amide bonds. The number of hydrogen-bond acceptors (Lipinski definition) is 4. The highest BCUT2D eigenvalue weighted by Gasteiger charge is 2.11. The first kappa shape index (κ1) is 13.7. The Morgan fingerprint density at radius 1 is 1.09 bits per heavy atom. The third-order valence-corrected chi connectivity index (χ3v) is 3.28. The molecule has 0 fully saturated rings. The molecule has 0 aliphatic carbocycles. The summed E-state index contributed by atoms with van der Waals surface area (Å²) in [5, 5.41) is 9.24. The van der Waals surface area contributed by atoms with Gasteiger partial charge in [-0.2, -0.15) is 5.26 Å². The lowest BCUT2D eigenvalue weighted by molar-refractivity contribution is 1.13. The number of nitrogens with one attached hydrogen (secondary N) is 1. The molecule has 3 rings (SSSR count). The van der Waals surface area contributed by atoms with Crippen LogP contribution in [0.1, 0.15) is 11.3 Å². The molecule has 5 nitrogen and oxygen atoms in total. The maximum Gasteiger partial charge on any atom is 0.266 e. The van der Waals surface area contributed by atoms with Crippen LogP contribution in [0.15, 0.2) is 53.6 Å². The predicted octanol–water partition coefficient (Wildman–Crippen LogP) is 2.68. The van der Waals surface area contributed by atoms with Crippen molar-refractivity contribution in [3.05, 3.63) is 70.4 Å². The number of aryl methyl sites for hydroxylation is 1. The van der Waals surface area contributed by atoms with Crippen LogP contribution in [-0.4, -0.2) is 15.0 Å². The number of pyridine rings is 1. The van der Waals surface area contributed by atoms with Crippen LogP contribution in [-0.2, 0) is 0 Å². The van der Waals surface area contributed by atoms with E-state index in [9.17, 15) is 10.1 Å². The van der Waals surface area contributed by atoms with E-state index in [1.165, 1.54) is 0 Å². The van der Waals surface area contributed by atoms with E-state index in [1.54, 1.807) is 31.5 Å². The van der Waals surface area contributed by atoms with Gasteiger partial charge in [-0.15, -0.1) is 0 Å². The monoisotopic (exact) mass is 288 g/mol. The minimum Gasteiger partial charge on any atom is -0.325 e. The predicted molar refractivity (Wildman–Crippen MR) is 83.0 cm³/mol. The van der Waals surface area contributed by atoms with Crippen molar-refractivity contribution in [2.24, 2.45) is 0 Å². The zero-order valence-corrected chi connectivity index (χ0v) is 11.9. The molecule has 3 aromatic rings. The van der Waals surface area contributed by atoms with E-state index in [-0.39, 0.29) is 11.1 Å². The SMILES string of the molecule is Cc1cc(-c2cccc(-c3ncccn3)c2)c(C#N)c(=O)[nH]1. The molecule has 0 aliphatic rings. The zero-order valence-electron chi connectivity index (χ0n) is 11.9.